The van der Waals surface area contributed by atoms with Crippen LogP contribution in [0.1, 0.15) is 46.6 Å². The van der Waals surface area contributed by atoms with E-state index in [0.29, 0.717) is 36.7 Å². The SMILES string of the molecule is Cc1cc2c(nc(C)n2C)c2c1-c1cccc3c(C(=O)c4cc(F)c(NC(=O)/C=C/CN[C@H]5C[C@H]6CC[C@@H]5O6)c(F)c4)cn(c13)CCN2C. The largest absolute Gasteiger partial charge is 0.373 e. The van der Waals surface area contributed by atoms with Crippen LogP contribution in [0.15, 0.2) is 54.7 Å². The van der Waals surface area contributed by atoms with Crippen LogP contribution in [-0.2, 0) is 23.1 Å². The van der Waals surface area contributed by atoms with E-state index in [1.807, 2.05) is 32.2 Å². The second-order valence-electron chi connectivity index (χ2n) is 13.5. The van der Waals surface area contributed by atoms with Gasteiger partial charge in [0.1, 0.15) is 28.7 Å². The van der Waals surface area contributed by atoms with Crippen LogP contribution >= 0.6 is 0 Å². The molecule has 5 heterocycles. The molecule has 0 saturated carbocycles. The molecule has 9 nitrogen and oxygen atoms in total. The first kappa shape index (κ1) is 31.4. The topological polar surface area (TPSA) is 93.4 Å². The molecular weight excluding hydrogens is 626 g/mol. The Morgan fingerprint density at radius 3 is 2.61 bits per heavy atom. The van der Waals surface area contributed by atoms with Crippen LogP contribution in [0.2, 0.25) is 0 Å². The van der Waals surface area contributed by atoms with Gasteiger partial charge in [0.15, 0.2) is 5.78 Å². The number of nitrogens with zero attached hydrogens (tertiary/aromatic N) is 4. The van der Waals surface area contributed by atoms with E-state index in [1.165, 1.54) is 6.08 Å². The van der Waals surface area contributed by atoms with Gasteiger partial charge in [-0.3, -0.25) is 9.59 Å². The number of ether oxygens (including phenoxy) is 1. The summed E-state index contributed by atoms with van der Waals surface area (Å²) < 4.78 is 40.6. The fourth-order valence-corrected chi connectivity index (χ4v) is 7.93. The monoisotopic (exact) mass is 664 g/mol. The zero-order valence-electron chi connectivity index (χ0n) is 27.9. The highest BCUT2D eigenvalue weighted by molar-refractivity contribution is 6.19. The Kier molecular flexibility index (Phi) is 7.64. The van der Waals surface area contributed by atoms with Crippen LogP contribution in [0.3, 0.4) is 0 Å². The standard InChI is InChI=1S/C38H38F2N6O3/c1-20-15-30-35(42-21(2)45(30)4)37-33(20)25-8-5-7-24-26(19-46(36(24)25)14-13-44(37)3)38(48)22-16-27(39)34(28(40)17-22)43-32(47)9-6-12-41-29-18-23-10-11-31(29)49-23/h5-9,15-17,19,23,29,31,41H,10-14,18H2,1-4H3,(H,43,47)/b9-6+/t23-,29+,31+/m1/s1. The minimum absolute atomic E-state index is 0.139. The van der Waals surface area contributed by atoms with Gasteiger partial charge in [-0.2, -0.15) is 0 Å². The van der Waals surface area contributed by atoms with Crippen molar-refractivity contribution in [2.45, 2.75) is 57.9 Å². The summed E-state index contributed by atoms with van der Waals surface area (Å²) in [5.74, 6) is -2.30. The average Bonchev–Trinajstić information content (AvgIpc) is 3.85. The smallest absolute Gasteiger partial charge is 0.248 e. The number of halogens is 2. The van der Waals surface area contributed by atoms with Gasteiger partial charge in [0.05, 0.1) is 28.9 Å². The number of nitrogens with one attached hydrogen (secondary N) is 2. The number of hydrogen-bond donors (Lipinski definition) is 2. The first-order chi connectivity index (χ1) is 23.6. The lowest BCUT2D eigenvalue weighted by atomic mass is 9.93. The zero-order chi connectivity index (χ0) is 34.1. The maximum atomic E-state index is 15.3. The molecule has 1 amide bonds. The molecule has 2 fully saturated rings. The Hall–Kier alpha value is -4.87. The van der Waals surface area contributed by atoms with Crippen LogP contribution in [0.5, 0.6) is 0 Å². The van der Waals surface area contributed by atoms with Crippen LogP contribution < -0.4 is 15.5 Å². The molecule has 0 unspecified atom stereocenters. The molecule has 3 aromatic carbocycles. The van der Waals surface area contributed by atoms with Crippen LogP contribution in [0.25, 0.3) is 33.1 Å². The summed E-state index contributed by atoms with van der Waals surface area (Å²) >= 11 is 0. The van der Waals surface area contributed by atoms with Gasteiger partial charge in [-0.1, -0.05) is 24.3 Å². The molecule has 8 rings (SSSR count). The molecule has 252 valence electrons. The third-order valence-corrected chi connectivity index (χ3v) is 10.5. The van der Waals surface area contributed by atoms with Crippen LogP contribution in [-0.4, -0.2) is 64.2 Å². The number of carbonyl (C=O) groups is 2. The highest BCUT2D eigenvalue weighted by atomic mass is 19.1. The van der Waals surface area contributed by atoms with Crippen molar-refractivity contribution in [3.05, 3.63) is 88.9 Å². The Bertz CT molecular complexity index is 2200. The molecular formula is C38H38F2N6O3. The number of benzene rings is 3. The molecule has 0 radical (unpaired) electrons. The second-order valence-corrected chi connectivity index (χ2v) is 13.5. The third kappa shape index (κ3) is 5.23. The number of fused-ring (bicyclic) bond motifs is 6. The summed E-state index contributed by atoms with van der Waals surface area (Å²) in [5, 5.41) is 6.35. The highest BCUT2D eigenvalue weighted by Crippen LogP contribution is 2.44. The second kappa shape index (κ2) is 11.9. The molecule has 2 saturated heterocycles. The Labute approximate surface area is 282 Å². The van der Waals surface area contributed by atoms with Gasteiger partial charge in [-0.15, -0.1) is 0 Å². The van der Waals surface area contributed by atoms with E-state index in [-0.39, 0.29) is 17.7 Å². The highest BCUT2D eigenvalue weighted by Gasteiger charge is 2.40. The van der Waals surface area contributed by atoms with E-state index in [2.05, 4.69) is 44.7 Å². The number of anilines is 2. The molecule has 2 N–H and O–H groups in total. The van der Waals surface area contributed by atoms with Crippen molar-refractivity contribution in [2.75, 3.05) is 30.4 Å². The van der Waals surface area contributed by atoms with E-state index in [1.54, 1.807) is 12.3 Å². The minimum atomic E-state index is -1.02. The van der Waals surface area contributed by atoms with Crippen LogP contribution in [0.4, 0.5) is 20.2 Å². The quantitative estimate of drug-likeness (QED) is 0.160. The van der Waals surface area contributed by atoms with Crippen molar-refractivity contribution >= 4 is 45.0 Å². The number of aromatic nitrogens is 3. The van der Waals surface area contributed by atoms with Gasteiger partial charge in [0.2, 0.25) is 5.91 Å². The van der Waals surface area contributed by atoms with E-state index >= 15 is 8.78 Å². The fourth-order valence-electron chi connectivity index (χ4n) is 7.93. The van der Waals surface area contributed by atoms with Crippen molar-refractivity contribution in [3.8, 4) is 11.1 Å². The predicted molar refractivity (Wildman–Crippen MR) is 186 cm³/mol. The van der Waals surface area contributed by atoms with Crippen molar-refractivity contribution in [3.63, 3.8) is 0 Å². The van der Waals surface area contributed by atoms with Crippen molar-refractivity contribution in [1.29, 1.82) is 0 Å². The number of aryl methyl sites for hydroxylation is 3. The number of likely N-dealkylation sites (N-methyl/N-ethyl adjacent to an activating group) is 1. The molecule has 2 aromatic heterocycles. The van der Waals surface area contributed by atoms with Crippen molar-refractivity contribution in [2.24, 2.45) is 7.05 Å². The zero-order valence-corrected chi connectivity index (χ0v) is 27.9. The number of hydrogen-bond acceptors (Lipinski definition) is 6. The molecule has 49 heavy (non-hydrogen) atoms. The van der Waals surface area contributed by atoms with Gasteiger partial charge in [-0.25, -0.2) is 13.8 Å². The molecule has 5 aromatic rings. The van der Waals surface area contributed by atoms with E-state index in [0.717, 1.165) is 76.1 Å². The fraction of sp³-hybridized carbons (Fsp3) is 0.342. The Morgan fingerprint density at radius 1 is 1.08 bits per heavy atom. The number of carbonyl (C=O) groups excluding carboxylic acids is 2. The summed E-state index contributed by atoms with van der Waals surface area (Å²) in [6.07, 6.45) is 8.25. The lowest BCUT2D eigenvalue weighted by Crippen LogP contribution is -2.37. The number of imidazole rings is 1. The minimum Gasteiger partial charge on any atom is -0.373 e. The Morgan fingerprint density at radius 2 is 1.88 bits per heavy atom. The summed E-state index contributed by atoms with van der Waals surface area (Å²) in [6.45, 7) is 5.76. The van der Waals surface area contributed by atoms with E-state index in [9.17, 15) is 9.59 Å². The summed E-state index contributed by atoms with van der Waals surface area (Å²) in [4.78, 5) is 33.6. The van der Waals surface area contributed by atoms with Gasteiger partial charge in [0.25, 0.3) is 0 Å². The molecule has 11 heteroatoms. The summed E-state index contributed by atoms with van der Waals surface area (Å²) in [5.41, 5.74) is 6.59. The number of ketones is 1. The van der Waals surface area contributed by atoms with Crippen LogP contribution in [0, 0.1) is 25.5 Å². The predicted octanol–water partition coefficient (Wildman–Crippen LogP) is 6.18. The normalized spacial score (nSPS) is 20.0. The maximum absolute atomic E-state index is 15.3. The van der Waals surface area contributed by atoms with Gasteiger partial charge in [-0.05, 0) is 56.9 Å². The number of amides is 1. The van der Waals surface area contributed by atoms with Gasteiger partial charge >= 0.3 is 0 Å². The third-order valence-electron chi connectivity index (χ3n) is 10.5. The average molecular weight is 665 g/mol. The van der Waals surface area contributed by atoms with Gasteiger partial charge < -0.3 is 29.4 Å². The number of para-hydroxylation sites is 1. The Balaban J connectivity index is 1.08. The number of rotatable bonds is 7. The van der Waals surface area contributed by atoms with E-state index < -0.39 is 29.0 Å². The molecule has 2 bridgehead atoms. The molecule has 3 aliphatic heterocycles. The first-order valence-electron chi connectivity index (χ1n) is 16.8. The van der Waals surface area contributed by atoms with Crippen molar-refractivity contribution in [1.82, 2.24) is 19.4 Å². The molecule has 0 aliphatic carbocycles. The lowest BCUT2D eigenvalue weighted by Gasteiger charge is -2.28. The first-order valence-corrected chi connectivity index (χ1v) is 16.8. The lowest BCUT2D eigenvalue weighted by molar-refractivity contribution is -0.112. The maximum Gasteiger partial charge on any atom is 0.248 e. The summed E-state index contributed by atoms with van der Waals surface area (Å²) in [7, 11) is 4.07. The summed E-state index contributed by atoms with van der Waals surface area (Å²) in [6, 6.07) is 10.2. The molecule has 3 atom stereocenters. The molecule has 3 aliphatic rings. The van der Waals surface area contributed by atoms with Crippen molar-refractivity contribution < 1.29 is 23.1 Å². The molecule has 0 spiro atoms. The van der Waals surface area contributed by atoms with E-state index in [4.69, 9.17) is 9.72 Å². The van der Waals surface area contributed by atoms with Gasteiger partial charge in [0, 0.05) is 79.7 Å².